The molecule has 0 saturated heterocycles. The van der Waals surface area contributed by atoms with Crippen LogP contribution in [-0.4, -0.2) is 39.4 Å². The normalized spacial score (nSPS) is 11.9. The highest BCUT2D eigenvalue weighted by Gasteiger charge is 2.17. The Kier molecular flexibility index (Phi) is 7.37. The number of rotatable bonds is 9. The van der Waals surface area contributed by atoms with Crippen molar-refractivity contribution in [1.82, 2.24) is 9.62 Å². The Bertz CT molecular complexity index is 554. The Morgan fingerprint density at radius 1 is 1.33 bits per heavy atom. The molecule has 0 aliphatic carbocycles. The van der Waals surface area contributed by atoms with Crippen LogP contribution >= 0.6 is 11.6 Å². The highest BCUT2D eigenvalue weighted by Crippen LogP contribution is 2.20. The maximum Gasteiger partial charge on any atom is 0.301 e. The lowest BCUT2D eigenvalue weighted by Gasteiger charge is -2.18. The summed E-state index contributed by atoms with van der Waals surface area (Å²) in [7, 11) is -2.17. The molecule has 8 heteroatoms. The van der Waals surface area contributed by atoms with Crippen LogP contribution < -0.4 is 10.0 Å². The summed E-state index contributed by atoms with van der Waals surface area (Å²) in [4.78, 5) is 0. The van der Waals surface area contributed by atoms with Gasteiger partial charge in [0.25, 0.3) is 0 Å². The molecule has 0 spiro atoms. The number of hydrogen-bond donors (Lipinski definition) is 2. The topological polar surface area (TPSA) is 61.4 Å². The number of nitrogens with zero attached hydrogens (tertiary/aromatic N) is 1. The first-order valence-electron chi connectivity index (χ1n) is 6.76. The Labute approximate surface area is 130 Å². The van der Waals surface area contributed by atoms with Crippen LogP contribution in [0.1, 0.15) is 19.8 Å². The third kappa shape index (κ3) is 6.17. The van der Waals surface area contributed by atoms with Crippen molar-refractivity contribution in [3.63, 3.8) is 0 Å². The molecule has 0 atom stereocenters. The molecule has 21 heavy (non-hydrogen) atoms. The van der Waals surface area contributed by atoms with Crippen molar-refractivity contribution < 1.29 is 12.8 Å². The van der Waals surface area contributed by atoms with Crippen LogP contribution in [0, 0.1) is 5.82 Å². The van der Waals surface area contributed by atoms with E-state index in [-0.39, 0.29) is 10.7 Å². The molecule has 0 aromatic heterocycles. The van der Waals surface area contributed by atoms with Crippen molar-refractivity contribution in [3.8, 4) is 0 Å². The van der Waals surface area contributed by atoms with Gasteiger partial charge in [-0.05, 0) is 44.1 Å². The molecule has 0 heterocycles. The van der Waals surface area contributed by atoms with Gasteiger partial charge >= 0.3 is 10.2 Å². The van der Waals surface area contributed by atoms with Gasteiger partial charge in [-0.3, -0.25) is 4.72 Å². The fourth-order valence-electron chi connectivity index (χ4n) is 1.64. The molecule has 120 valence electrons. The molecule has 0 amide bonds. The van der Waals surface area contributed by atoms with Gasteiger partial charge in [0.15, 0.2) is 0 Å². The summed E-state index contributed by atoms with van der Waals surface area (Å²) in [6.45, 7) is 4.14. The smallest absolute Gasteiger partial charge is 0.301 e. The lowest BCUT2D eigenvalue weighted by Crippen LogP contribution is -2.34. The predicted molar refractivity (Wildman–Crippen MR) is 84.4 cm³/mol. The quantitative estimate of drug-likeness (QED) is 0.680. The van der Waals surface area contributed by atoms with E-state index in [0.29, 0.717) is 13.0 Å². The lowest BCUT2D eigenvalue weighted by molar-refractivity contribution is 0.458. The minimum atomic E-state index is -3.66. The molecule has 2 N–H and O–H groups in total. The van der Waals surface area contributed by atoms with Gasteiger partial charge < -0.3 is 5.32 Å². The van der Waals surface area contributed by atoms with Gasteiger partial charge in [-0.2, -0.15) is 12.7 Å². The summed E-state index contributed by atoms with van der Waals surface area (Å²) in [6, 6.07) is 3.69. The van der Waals surface area contributed by atoms with Gasteiger partial charge in [0, 0.05) is 13.6 Å². The average Bonchev–Trinajstić information content (AvgIpc) is 2.42. The Morgan fingerprint density at radius 2 is 2.05 bits per heavy atom. The van der Waals surface area contributed by atoms with Gasteiger partial charge in [0.1, 0.15) is 5.82 Å². The second-order valence-corrected chi connectivity index (χ2v) is 6.85. The zero-order valence-corrected chi connectivity index (χ0v) is 13.8. The van der Waals surface area contributed by atoms with E-state index in [0.717, 1.165) is 25.6 Å². The van der Waals surface area contributed by atoms with E-state index >= 15 is 0 Å². The van der Waals surface area contributed by atoms with Crippen LogP contribution in [0.4, 0.5) is 10.1 Å². The average molecular weight is 338 g/mol. The highest BCUT2D eigenvalue weighted by atomic mass is 35.5. The van der Waals surface area contributed by atoms with Crippen LogP contribution in [0.2, 0.25) is 5.02 Å². The van der Waals surface area contributed by atoms with Crippen molar-refractivity contribution in [2.45, 2.75) is 19.8 Å². The molecule has 0 aliphatic heterocycles. The Morgan fingerprint density at radius 3 is 2.67 bits per heavy atom. The van der Waals surface area contributed by atoms with Gasteiger partial charge in [-0.25, -0.2) is 4.39 Å². The van der Waals surface area contributed by atoms with E-state index in [1.54, 1.807) is 0 Å². The van der Waals surface area contributed by atoms with Gasteiger partial charge in [0.2, 0.25) is 0 Å². The largest absolute Gasteiger partial charge is 0.317 e. The number of benzene rings is 1. The molecule has 5 nitrogen and oxygen atoms in total. The van der Waals surface area contributed by atoms with E-state index in [1.165, 1.54) is 23.5 Å². The Balaban J connectivity index is 2.53. The van der Waals surface area contributed by atoms with Gasteiger partial charge in [0.05, 0.1) is 10.7 Å². The molecule has 0 unspecified atom stereocenters. The summed E-state index contributed by atoms with van der Waals surface area (Å²) >= 11 is 5.62. The molecule has 0 saturated carbocycles. The maximum atomic E-state index is 13.0. The van der Waals surface area contributed by atoms with E-state index in [2.05, 4.69) is 17.0 Å². The third-order valence-corrected chi connectivity index (χ3v) is 4.62. The fourth-order valence-corrected chi connectivity index (χ4v) is 2.77. The molecule has 0 fully saturated rings. The third-order valence-electron chi connectivity index (χ3n) is 2.83. The van der Waals surface area contributed by atoms with Crippen LogP contribution in [0.25, 0.3) is 0 Å². The van der Waals surface area contributed by atoms with Crippen LogP contribution in [-0.2, 0) is 10.2 Å². The summed E-state index contributed by atoms with van der Waals surface area (Å²) in [6.07, 6.45) is 1.75. The SMILES string of the molecule is CCCNCCCN(C)S(=O)(=O)Nc1ccc(F)c(Cl)c1. The first-order valence-corrected chi connectivity index (χ1v) is 8.58. The van der Waals surface area contributed by atoms with Crippen molar-refractivity contribution in [2.24, 2.45) is 0 Å². The maximum absolute atomic E-state index is 13.0. The van der Waals surface area contributed by atoms with Crippen LogP contribution in [0.3, 0.4) is 0 Å². The van der Waals surface area contributed by atoms with Crippen molar-refractivity contribution >= 4 is 27.5 Å². The van der Waals surface area contributed by atoms with Crippen molar-refractivity contribution in [1.29, 1.82) is 0 Å². The summed E-state index contributed by atoms with van der Waals surface area (Å²) in [5, 5.41) is 3.08. The minimum Gasteiger partial charge on any atom is -0.317 e. The monoisotopic (exact) mass is 337 g/mol. The number of anilines is 1. The molecule has 1 rings (SSSR count). The van der Waals surface area contributed by atoms with Crippen molar-refractivity contribution in [3.05, 3.63) is 29.0 Å². The number of hydrogen-bond acceptors (Lipinski definition) is 3. The predicted octanol–water partition coefficient (Wildman–Crippen LogP) is 2.46. The molecular weight excluding hydrogens is 317 g/mol. The molecule has 0 aliphatic rings. The molecule has 0 radical (unpaired) electrons. The summed E-state index contributed by atoms with van der Waals surface area (Å²) < 4.78 is 40.8. The van der Waals surface area contributed by atoms with E-state index < -0.39 is 16.0 Å². The highest BCUT2D eigenvalue weighted by molar-refractivity contribution is 7.90. The first kappa shape index (κ1) is 18.2. The Hall–Kier alpha value is -0.890. The van der Waals surface area contributed by atoms with Crippen LogP contribution in [0.15, 0.2) is 18.2 Å². The lowest BCUT2D eigenvalue weighted by atomic mass is 10.3. The van der Waals surface area contributed by atoms with E-state index in [4.69, 9.17) is 11.6 Å². The summed E-state index contributed by atoms with van der Waals surface area (Å²) in [5.41, 5.74) is 0.234. The second kappa shape index (κ2) is 8.53. The van der Waals surface area contributed by atoms with Gasteiger partial charge in [-0.1, -0.05) is 18.5 Å². The van der Waals surface area contributed by atoms with Gasteiger partial charge in [-0.15, -0.1) is 0 Å². The molecular formula is C13H21ClFN3O2S. The number of nitrogens with one attached hydrogen (secondary N) is 2. The summed E-state index contributed by atoms with van der Waals surface area (Å²) in [5.74, 6) is -0.588. The molecule has 1 aromatic carbocycles. The van der Waals surface area contributed by atoms with E-state index in [9.17, 15) is 12.8 Å². The molecule has 1 aromatic rings. The number of halogens is 2. The zero-order valence-electron chi connectivity index (χ0n) is 12.2. The second-order valence-electron chi connectivity index (χ2n) is 4.66. The fraction of sp³-hybridized carbons (Fsp3) is 0.538. The van der Waals surface area contributed by atoms with Crippen LogP contribution in [0.5, 0.6) is 0 Å². The standard InChI is InChI=1S/C13H21ClFN3O2S/c1-3-7-16-8-4-9-18(2)21(19,20)17-11-5-6-13(15)12(14)10-11/h5-6,10,16-17H,3-4,7-9H2,1-2H3. The minimum absolute atomic E-state index is 0.124. The van der Waals surface area contributed by atoms with E-state index in [1.807, 2.05) is 0 Å². The first-order chi connectivity index (χ1) is 9.86. The zero-order chi connectivity index (χ0) is 15.9. The molecule has 0 bridgehead atoms. The van der Waals surface area contributed by atoms with Crippen molar-refractivity contribution in [2.75, 3.05) is 31.4 Å².